The zero-order valence-electron chi connectivity index (χ0n) is 14.9. The van der Waals surface area contributed by atoms with Gasteiger partial charge in [-0.05, 0) is 60.9 Å². The molecule has 4 rings (SSSR count). The maximum absolute atomic E-state index is 13.1. The fourth-order valence-corrected chi connectivity index (χ4v) is 3.29. The Morgan fingerprint density at radius 2 is 1.75 bits per heavy atom. The zero-order valence-corrected chi connectivity index (χ0v) is 15.6. The van der Waals surface area contributed by atoms with Crippen LogP contribution in [0.15, 0.2) is 65.5 Å². The van der Waals surface area contributed by atoms with Crippen LogP contribution in [0.25, 0.3) is 5.69 Å². The third-order valence-corrected chi connectivity index (χ3v) is 5.25. The van der Waals surface area contributed by atoms with Crippen LogP contribution in [0.5, 0.6) is 0 Å². The Hall–Kier alpha value is -2.99. The van der Waals surface area contributed by atoms with Crippen LogP contribution in [0, 0.1) is 5.82 Å². The molecule has 28 heavy (non-hydrogen) atoms. The van der Waals surface area contributed by atoms with Crippen LogP contribution in [-0.4, -0.2) is 22.2 Å². The number of rotatable bonds is 5. The third kappa shape index (κ3) is 3.68. The van der Waals surface area contributed by atoms with Crippen molar-refractivity contribution < 1.29 is 9.18 Å². The van der Waals surface area contributed by atoms with E-state index in [0.29, 0.717) is 17.3 Å². The van der Waals surface area contributed by atoms with Gasteiger partial charge in [0, 0.05) is 23.0 Å². The third-order valence-electron chi connectivity index (χ3n) is 5.00. The summed E-state index contributed by atoms with van der Waals surface area (Å²) >= 11 is 5.95. The van der Waals surface area contributed by atoms with Gasteiger partial charge in [-0.1, -0.05) is 23.7 Å². The van der Waals surface area contributed by atoms with Gasteiger partial charge in [-0.3, -0.25) is 9.59 Å². The van der Waals surface area contributed by atoms with E-state index in [1.807, 2.05) is 24.3 Å². The van der Waals surface area contributed by atoms with Crippen molar-refractivity contribution in [1.29, 1.82) is 0 Å². The molecule has 1 N–H and O–H groups in total. The average molecular weight is 398 g/mol. The van der Waals surface area contributed by atoms with E-state index in [-0.39, 0.29) is 17.0 Å². The molecule has 0 spiro atoms. The van der Waals surface area contributed by atoms with Crippen LogP contribution < -0.4 is 10.9 Å². The van der Waals surface area contributed by atoms with Crippen molar-refractivity contribution in [2.24, 2.45) is 0 Å². The Morgan fingerprint density at radius 1 is 1.07 bits per heavy atom. The van der Waals surface area contributed by atoms with E-state index in [9.17, 15) is 14.0 Å². The summed E-state index contributed by atoms with van der Waals surface area (Å²) in [4.78, 5) is 24.7. The minimum atomic E-state index is -0.414. The van der Waals surface area contributed by atoms with Gasteiger partial charge in [-0.25, -0.2) is 4.39 Å². The number of halogens is 2. The van der Waals surface area contributed by atoms with Crippen LogP contribution in [0.4, 0.5) is 4.39 Å². The van der Waals surface area contributed by atoms with Gasteiger partial charge in [-0.15, -0.1) is 0 Å². The Labute approximate surface area is 165 Å². The monoisotopic (exact) mass is 397 g/mol. The Bertz CT molecular complexity index is 1070. The molecule has 0 unspecified atom stereocenters. The number of amides is 1. The molecule has 0 saturated heterocycles. The number of aromatic nitrogens is 2. The fourth-order valence-electron chi connectivity index (χ4n) is 3.16. The average Bonchev–Trinajstić information content (AvgIpc) is 3.49. The summed E-state index contributed by atoms with van der Waals surface area (Å²) in [6.45, 7) is 0.477. The fraction of sp³-hybridized carbons (Fsp3) is 0.190. The number of carbonyl (C=O) groups excluding carboxylic acids is 1. The van der Waals surface area contributed by atoms with Gasteiger partial charge in [-0.2, -0.15) is 9.78 Å². The van der Waals surface area contributed by atoms with Crippen molar-refractivity contribution in [1.82, 2.24) is 15.1 Å². The first-order valence-electron chi connectivity index (χ1n) is 8.87. The van der Waals surface area contributed by atoms with Gasteiger partial charge < -0.3 is 5.32 Å². The lowest BCUT2D eigenvalue weighted by Gasteiger charge is -2.17. The second-order valence-electron chi connectivity index (χ2n) is 6.91. The molecule has 1 saturated carbocycles. The highest BCUT2D eigenvalue weighted by Gasteiger charge is 2.44. The lowest BCUT2D eigenvalue weighted by Crippen LogP contribution is -2.34. The maximum Gasteiger partial charge on any atom is 0.271 e. The smallest absolute Gasteiger partial charge is 0.271 e. The van der Waals surface area contributed by atoms with Gasteiger partial charge in [0.2, 0.25) is 0 Å². The number of nitrogens with one attached hydrogen (secondary N) is 1. The molecule has 142 valence electrons. The molecular weight excluding hydrogens is 381 g/mol. The van der Waals surface area contributed by atoms with Crippen LogP contribution in [0.2, 0.25) is 5.02 Å². The van der Waals surface area contributed by atoms with Crippen LogP contribution in [-0.2, 0) is 5.41 Å². The van der Waals surface area contributed by atoms with Crippen molar-refractivity contribution in [3.8, 4) is 5.69 Å². The van der Waals surface area contributed by atoms with E-state index in [2.05, 4.69) is 10.4 Å². The Balaban J connectivity index is 1.51. The molecule has 1 aliphatic carbocycles. The molecule has 0 atom stereocenters. The Kier molecular flexibility index (Phi) is 4.73. The molecule has 1 amide bonds. The number of benzene rings is 2. The second kappa shape index (κ2) is 7.20. The molecule has 1 aliphatic rings. The van der Waals surface area contributed by atoms with Crippen LogP contribution >= 0.6 is 11.6 Å². The van der Waals surface area contributed by atoms with Crippen molar-refractivity contribution in [2.75, 3.05) is 6.54 Å². The molecule has 0 aliphatic heterocycles. The lowest BCUT2D eigenvalue weighted by atomic mass is 9.96. The molecule has 3 aromatic rings. The summed E-state index contributed by atoms with van der Waals surface area (Å²) < 4.78 is 14.2. The first kappa shape index (κ1) is 18.4. The SMILES string of the molecule is O=C(NCC1(c2ccc(Cl)cc2)CC1)c1ccc(=O)n(-c2ccc(F)cc2)n1. The molecular formula is C21H17ClFN3O2. The minimum Gasteiger partial charge on any atom is -0.350 e. The highest BCUT2D eigenvalue weighted by atomic mass is 35.5. The topological polar surface area (TPSA) is 64.0 Å². The summed E-state index contributed by atoms with van der Waals surface area (Å²) in [6.07, 6.45) is 1.97. The van der Waals surface area contributed by atoms with E-state index in [0.717, 1.165) is 23.1 Å². The lowest BCUT2D eigenvalue weighted by molar-refractivity contribution is 0.0943. The Morgan fingerprint density at radius 3 is 2.39 bits per heavy atom. The predicted molar refractivity (Wildman–Crippen MR) is 104 cm³/mol. The van der Waals surface area contributed by atoms with Crippen LogP contribution in [0.1, 0.15) is 28.9 Å². The molecule has 0 bridgehead atoms. The quantitative estimate of drug-likeness (QED) is 0.716. The van der Waals surface area contributed by atoms with E-state index >= 15 is 0 Å². The zero-order chi connectivity index (χ0) is 19.7. The van der Waals surface area contributed by atoms with E-state index in [4.69, 9.17) is 11.6 Å². The number of nitrogens with zero attached hydrogens (tertiary/aromatic N) is 2. The molecule has 1 fully saturated rings. The molecule has 1 aromatic heterocycles. The molecule has 2 aromatic carbocycles. The number of hydrogen-bond acceptors (Lipinski definition) is 3. The van der Waals surface area contributed by atoms with E-state index < -0.39 is 11.4 Å². The standard InChI is InChI=1S/C21H17ClFN3O2/c22-15-3-1-14(2-4-15)21(11-12-21)13-24-20(28)18-9-10-19(27)26(25-18)17-7-5-16(23)6-8-17/h1-10H,11-13H2,(H,24,28). The number of hydrogen-bond donors (Lipinski definition) is 1. The summed E-state index contributed by atoms with van der Waals surface area (Å²) in [5.74, 6) is -0.779. The van der Waals surface area contributed by atoms with Crippen molar-refractivity contribution in [2.45, 2.75) is 18.3 Å². The minimum absolute atomic E-state index is 0.0777. The van der Waals surface area contributed by atoms with Crippen molar-refractivity contribution in [3.63, 3.8) is 0 Å². The molecule has 1 heterocycles. The van der Waals surface area contributed by atoms with Crippen molar-refractivity contribution >= 4 is 17.5 Å². The predicted octanol–water partition coefficient (Wildman–Crippen LogP) is 3.49. The summed E-state index contributed by atoms with van der Waals surface area (Å²) in [5, 5.41) is 7.72. The molecule has 7 heteroatoms. The van der Waals surface area contributed by atoms with Gasteiger partial charge in [0.25, 0.3) is 11.5 Å². The van der Waals surface area contributed by atoms with Gasteiger partial charge in [0.05, 0.1) is 5.69 Å². The summed E-state index contributed by atoms with van der Waals surface area (Å²) in [5.41, 5.74) is 1.17. The largest absolute Gasteiger partial charge is 0.350 e. The second-order valence-corrected chi connectivity index (χ2v) is 7.35. The maximum atomic E-state index is 13.1. The highest BCUT2D eigenvalue weighted by Crippen LogP contribution is 2.47. The normalized spacial score (nSPS) is 14.5. The van der Waals surface area contributed by atoms with E-state index in [1.54, 1.807) is 0 Å². The number of carbonyl (C=O) groups is 1. The highest BCUT2D eigenvalue weighted by molar-refractivity contribution is 6.30. The molecule has 0 radical (unpaired) electrons. The van der Waals surface area contributed by atoms with Crippen LogP contribution in [0.3, 0.4) is 0 Å². The van der Waals surface area contributed by atoms with E-state index in [1.165, 1.54) is 36.4 Å². The first-order valence-corrected chi connectivity index (χ1v) is 9.25. The summed E-state index contributed by atoms with van der Waals surface area (Å²) in [6, 6.07) is 15.7. The van der Waals surface area contributed by atoms with Gasteiger partial charge in [0.1, 0.15) is 11.5 Å². The molecule has 5 nitrogen and oxygen atoms in total. The van der Waals surface area contributed by atoms with Gasteiger partial charge in [0.15, 0.2) is 0 Å². The van der Waals surface area contributed by atoms with Gasteiger partial charge >= 0.3 is 0 Å². The summed E-state index contributed by atoms with van der Waals surface area (Å²) in [7, 11) is 0. The van der Waals surface area contributed by atoms with Crippen molar-refractivity contribution in [3.05, 3.63) is 93.1 Å². The first-order chi connectivity index (χ1) is 13.5.